The first kappa shape index (κ1) is 11.1. The van der Waals surface area contributed by atoms with E-state index < -0.39 is 0 Å². The summed E-state index contributed by atoms with van der Waals surface area (Å²) >= 11 is 6.10. The third-order valence-electron chi connectivity index (χ3n) is 2.58. The summed E-state index contributed by atoms with van der Waals surface area (Å²) in [6.07, 6.45) is 2.99. The molecule has 5 nitrogen and oxygen atoms in total. The van der Waals surface area contributed by atoms with E-state index in [4.69, 9.17) is 21.1 Å². The lowest BCUT2D eigenvalue weighted by atomic mass is 10.1. The molecule has 1 aromatic carbocycles. The van der Waals surface area contributed by atoms with Gasteiger partial charge >= 0.3 is 0 Å². The fourth-order valence-electron chi connectivity index (χ4n) is 1.80. The van der Waals surface area contributed by atoms with Crippen LogP contribution in [-0.2, 0) is 0 Å². The number of ether oxygens (including phenoxy) is 2. The summed E-state index contributed by atoms with van der Waals surface area (Å²) in [5.41, 5.74) is 0.632. The molecule has 1 aromatic heterocycles. The zero-order valence-corrected chi connectivity index (χ0v) is 10.0. The molecule has 3 rings (SSSR count). The van der Waals surface area contributed by atoms with Gasteiger partial charge in [0.15, 0.2) is 11.5 Å². The van der Waals surface area contributed by atoms with Gasteiger partial charge in [0, 0.05) is 18.0 Å². The third-order valence-corrected chi connectivity index (χ3v) is 2.86. The molecular formula is C12H9ClN2O3. The van der Waals surface area contributed by atoms with E-state index in [2.05, 4.69) is 9.97 Å². The van der Waals surface area contributed by atoms with Crippen LogP contribution in [0.5, 0.6) is 11.5 Å². The van der Waals surface area contributed by atoms with Gasteiger partial charge in [-0.1, -0.05) is 11.6 Å². The van der Waals surface area contributed by atoms with E-state index in [1.807, 2.05) is 0 Å². The summed E-state index contributed by atoms with van der Waals surface area (Å²) in [6, 6.07) is 3.35. The van der Waals surface area contributed by atoms with Crippen LogP contribution in [0.1, 0.15) is 0 Å². The van der Waals surface area contributed by atoms with Crippen molar-refractivity contribution in [2.45, 2.75) is 0 Å². The SMILES string of the molecule is O=c1[nH]ccnc1-c1cc(Cl)c2c(c1)OCCO2. The Balaban J connectivity index is 2.17. The highest BCUT2D eigenvalue weighted by Crippen LogP contribution is 2.40. The fourth-order valence-corrected chi connectivity index (χ4v) is 2.07. The highest BCUT2D eigenvalue weighted by Gasteiger charge is 2.18. The number of halogens is 1. The van der Waals surface area contributed by atoms with Gasteiger partial charge in [-0.25, -0.2) is 4.98 Å². The predicted octanol–water partition coefficient (Wildman–Crippen LogP) is 1.86. The maximum Gasteiger partial charge on any atom is 0.274 e. The topological polar surface area (TPSA) is 64.2 Å². The van der Waals surface area contributed by atoms with Gasteiger partial charge in [0.1, 0.15) is 18.9 Å². The lowest BCUT2D eigenvalue weighted by Gasteiger charge is -2.20. The minimum Gasteiger partial charge on any atom is -0.486 e. The molecule has 0 atom stereocenters. The maximum absolute atomic E-state index is 11.7. The van der Waals surface area contributed by atoms with Crippen molar-refractivity contribution in [2.75, 3.05) is 13.2 Å². The van der Waals surface area contributed by atoms with Crippen molar-refractivity contribution in [3.8, 4) is 22.8 Å². The molecule has 0 aliphatic carbocycles. The Kier molecular flexibility index (Phi) is 2.68. The van der Waals surface area contributed by atoms with E-state index in [9.17, 15) is 4.79 Å². The van der Waals surface area contributed by atoms with E-state index in [1.54, 1.807) is 12.1 Å². The minimum atomic E-state index is -0.273. The molecule has 1 aliphatic rings. The normalized spacial score (nSPS) is 13.4. The molecule has 0 spiro atoms. The van der Waals surface area contributed by atoms with Crippen molar-refractivity contribution >= 4 is 11.6 Å². The van der Waals surface area contributed by atoms with Crippen LogP contribution in [0.2, 0.25) is 5.02 Å². The Hall–Kier alpha value is -2.01. The summed E-state index contributed by atoms with van der Waals surface area (Å²) in [5.74, 6) is 1.05. The van der Waals surface area contributed by atoms with Gasteiger partial charge in [-0.15, -0.1) is 0 Å². The van der Waals surface area contributed by atoms with Gasteiger partial charge in [-0.2, -0.15) is 0 Å². The molecule has 1 N–H and O–H groups in total. The van der Waals surface area contributed by atoms with Crippen LogP contribution in [0.15, 0.2) is 29.3 Å². The van der Waals surface area contributed by atoms with Crippen molar-refractivity contribution in [3.05, 3.63) is 39.9 Å². The average molecular weight is 265 g/mol. The monoisotopic (exact) mass is 264 g/mol. The van der Waals surface area contributed by atoms with E-state index >= 15 is 0 Å². The molecule has 0 bridgehead atoms. The van der Waals surface area contributed by atoms with E-state index in [0.717, 1.165) is 0 Å². The summed E-state index contributed by atoms with van der Waals surface area (Å²) in [7, 11) is 0. The van der Waals surface area contributed by atoms with E-state index in [1.165, 1.54) is 12.4 Å². The van der Waals surface area contributed by atoms with Gasteiger partial charge in [-0.05, 0) is 12.1 Å². The number of fused-ring (bicyclic) bond motifs is 1. The highest BCUT2D eigenvalue weighted by molar-refractivity contribution is 6.32. The molecule has 0 saturated heterocycles. The standard InChI is InChI=1S/C12H9ClN2O3/c13-8-5-7(10-12(16)15-2-1-14-10)6-9-11(8)18-4-3-17-9/h1-2,5-6H,3-4H2,(H,15,16). The van der Waals surface area contributed by atoms with E-state index in [-0.39, 0.29) is 5.56 Å². The fraction of sp³-hybridized carbons (Fsp3) is 0.167. The lowest BCUT2D eigenvalue weighted by molar-refractivity contribution is 0.172. The number of aromatic nitrogens is 2. The van der Waals surface area contributed by atoms with Crippen LogP contribution in [0.25, 0.3) is 11.3 Å². The summed E-state index contributed by atoms with van der Waals surface area (Å²) < 4.78 is 10.9. The molecule has 2 aromatic rings. The zero-order valence-electron chi connectivity index (χ0n) is 9.27. The Morgan fingerprint density at radius 1 is 1.28 bits per heavy atom. The molecule has 0 amide bonds. The van der Waals surface area contributed by atoms with Crippen LogP contribution in [-0.4, -0.2) is 23.2 Å². The third kappa shape index (κ3) is 1.82. The Morgan fingerprint density at radius 2 is 2.11 bits per heavy atom. The number of nitrogens with one attached hydrogen (secondary N) is 1. The van der Waals surface area contributed by atoms with Crippen LogP contribution in [0, 0.1) is 0 Å². The first-order valence-electron chi connectivity index (χ1n) is 5.39. The predicted molar refractivity (Wildman–Crippen MR) is 66.3 cm³/mol. The van der Waals surface area contributed by atoms with Crippen molar-refractivity contribution in [3.63, 3.8) is 0 Å². The lowest BCUT2D eigenvalue weighted by Crippen LogP contribution is -2.16. The van der Waals surface area contributed by atoms with Gasteiger partial charge in [0.25, 0.3) is 5.56 Å². The van der Waals surface area contributed by atoms with Crippen molar-refractivity contribution in [1.29, 1.82) is 0 Å². The summed E-state index contributed by atoms with van der Waals surface area (Å²) in [6.45, 7) is 0.932. The van der Waals surface area contributed by atoms with Crippen LogP contribution < -0.4 is 15.0 Å². The first-order valence-corrected chi connectivity index (χ1v) is 5.77. The number of H-pyrrole nitrogens is 1. The quantitative estimate of drug-likeness (QED) is 0.854. The van der Waals surface area contributed by atoms with Crippen LogP contribution in [0.3, 0.4) is 0 Å². The highest BCUT2D eigenvalue weighted by atomic mass is 35.5. The molecule has 18 heavy (non-hydrogen) atoms. The number of hydrogen-bond donors (Lipinski definition) is 1. The largest absolute Gasteiger partial charge is 0.486 e. The van der Waals surface area contributed by atoms with E-state index in [0.29, 0.717) is 41.0 Å². The summed E-state index contributed by atoms with van der Waals surface area (Å²) in [4.78, 5) is 18.3. The van der Waals surface area contributed by atoms with Crippen LogP contribution in [0.4, 0.5) is 0 Å². The Bertz CT molecular complexity index is 654. The molecule has 0 radical (unpaired) electrons. The molecule has 92 valence electrons. The number of hydrogen-bond acceptors (Lipinski definition) is 4. The van der Waals surface area contributed by atoms with Crippen molar-refractivity contribution in [1.82, 2.24) is 9.97 Å². The maximum atomic E-state index is 11.7. The average Bonchev–Trinajstić information content (AvgIpc) is 2.39. The van der Waals surface area contributed by atoms with Gasteiger partial charge < -0.3 is 14.5 Å². The Morgan fingerprint density at radius 3 is 2.94 bits per heavy atom. The van der Waals surface area contributed by atoms with Crippen LogP contribution >= 0.6 is 11.6 Å². The second-order valence-corrected chi connectivity index (χ2v) is 4.16. The first-order chi connectivity index (χ1) is 8.75. The molecule has 0 unspecified atom stereocenters. The minimum absolute atomic E-state index is 0.273. The molecule has 0 saturated carbocycles. The zero-order chi connectivity index (χ0) is 12.5. The summed E-state index contributed by atoms with van der Waals surface area (Å²) in [5, 5.41) is 0.409. The molecule has 6 heteroatoms. The molecular weight excluding hydrogens is 256 g/mol. The number of aromatic amines is 1. The van der Waals surface area contributed by atoms with Gasteiger partial charge in [-0.3, -0.25) is 4.79 Å². The number of benzene rings is 1. The number of nitrogens with zero attached hydrogens (tertiary/aromatic N) is 1. The van der Waals surface area contributed by atoms with Crippen molar-refractivity contribution < 1.29 is 9.47 Å². The van der Waals surface area contributed by atoms with Gasteiger partial charge in [0.2, 0.25) is 0 Å². The Labute approximate surface area is 107 Å². The second kappa shape index (κ2) is 4.34. The molecule has 0 fully saturated rings. The molecule has 2 heterocycles. The second-order valence-electron chi connectivity index (χ2n) is 3.75. The molecule has 1 aliphatic heterocycles. The number of rotatable bonds is 1. The van der Waals surface area contributed by atoms with Gasteiger partial charge in [0.05, 0.1) is 5.02 Å². The smallest absolute Gasteiger partial charge is 0.274 e. The van der Waals surface area contributed by atoms with Crippen molar-refractivity contribution in [2.24, 2.45) is 0 Å².